The minimum atomic E-state index is -1.87. The predicted octanol–water partition coefficient (Wildman–Crippen LogP) is -1.00. The van der Waals surface area contributed by atoms with Crippen LogP contribution in [0.15, 0.2) is 23.0 Å². The Morgan fingerprint density at radius 1 is 1.16 bits per heavy atom. The van der Waals surface area contributed by atoms with Crippen LogP contribution in [0.4, 0.5) is 5.69 Å². The maximum absolute atomic E-state index is 13.0. The molecule has 0 spiro atoms. The molecule has 0 aliphatic carbocycles. The van der Waals surface area contributed by atoms with Crippen LogP contribution in [0, 0.1) is 6.92 Å². The van der Waals surface area contributed by atoms with Crippen LogP contribution >= 0.6 is 0 Å². The van der Waals surface area contributed by atoms with Gasteiger partial charge in [-0.15, -0.1) is 0 Å². The van der Waals surface area contributed by atoms with Crippen molar-refractivity contribution in [1.82, 2.24) is 14.9 Å². The van der Waals surface area contributed by atoms with E-state index in [4.69, 9.17) is 29.3 Å². The van der Waals surface area contributed by atoms with Crippen LogP contribution in [0.1, 0.15) is 18.7 Å². The highest BCUT2D eigenvalue weighted by Gasteiger charge is 2.44. The van der Waals surface area contributed by atoms with Gasteiger partial charge in [0, 0.05) is 5.69 Å². The van der Waals surface area contributed by atoms with Crippen LogP contribution in [0.2, 0.25) is 5.21 Å². The Bertz CT molecular complexity index is 972. The normalized spacial score (nSPS) is 23.2. The first-order valence-electron chi connectivity index (χ1n) is 7.59. The lowest BCUT2D eigenvalue weighted by Crippen LogP contribution is -2.54. The summed E-state index contributed by atoms with van der Waals surface area (Å²) in [5, 5.41) is 0.447. The van der Waals surface area contributed by atoms with E-state index in [2.05, 4.69) is 10.3 Å². The molecule has 2 aromatic rings. The van der Waals surface area contributed by atoms with Gasteiger partial charge in [-0.2, -0.15) is 0 Å². The molecule has 120 valence electrons. The molecule has 1 aromatic carbocycles. The molecule has 2 amide bonds. The highest BCUT2D eigenvalue weighted by molar-refractivity contribution is 6.52. The van der Waals surface area contributed by atoms with Crippen molar-refractivity contribution in [1.29, 1.82) is 0 Å². The summed E-state index contributed by atoms with van der Waals surface area (Å²) in [4.78, 5) is 41.8. The van der Waals surface area contributed by atoms with Crippen LogP contribution < -0.4 is 16.6 Å². The number of nitrogens with one attached hydrogen (secondary N) is 1. The Morgan fingerprint density at radius 2 is 1.84 bits per heavy atom. The lowest BCUT2D eigenvalue weighted by molar-refractivity contribution is -0.132. The third-order valence-electron chi connectivity index (χ3n) is 4.46. The topological polar surface area (TPSA) is 107 Å². The van der Waals surface area contributed by atoms with Gasteiger partial charge in [0.05, 0.1) is 32.0 Å². The molecule has 1 atom stereocenters. The molecule has 0 unspecified atom stereocenters. The van der Waals surface area contributed by atoms with Crippen molar-refractivity contribution < 1.29 is 9.59 Å². The number of carbonyl (C=O) groups is 2. The van der Waals surface area contributed by atoms with Crippen LogP contribution in [-0.2, 0) is 15.0 Å². The quantitative estimate of drug-likeness (QED) is 0.396. The van der Waals surface area contributed by atoms with E-state index in [-0.39, 0.29) is 29.7 Å². The first-order valence-corrected chi connectivity index (χ1v) is 7.59. The zero-order valence-corrected chi connectivity index (χ0v) is 13.6. The van der Waals surface area contributed by atoms with Crippen molar-refractivity contribution in [2.75, 3.05) is 5.73 Å². The van der Waals surface area contributed by atoms with Gasteiger partial charge >= 0.3 is 0 Å². The van der Waals surface area contributed by atoms with Gasteiger partial charge in [0.2, 0.25) is 11.8 Å². The van der Waals surface area contributed by atoms with E-state index in [1.807, 2.05) is 0 Å². The molecule has 3 N–H and O–H groups in total. The standard InChI is InChI=1S/C15H13B3N4O3/c1-7-20-9-4-2-3-8(19)10(9)11(23)22(7)15(18)6-5-14(16,17)12(24)21-13(15)25/h2-4H,5-6,19H2,1H3,(H,21,24,25)/t15-/m1/s1. The SMILES string of the molecule is [B]C1([B])CC[C@@]([B])(n2c(C)nc3cccc(N)c3c2=O)C(=O)NC1=O. The highest BCUT2D eigenvalue weighted by atomic mass is 16.2. The summed E-state index contributed by atoms with van der Waals surface area (Å²) in [6, 6.07) is 4.85. The Kier molecular flexibility index (Phi) is 3.81. The van der Waals surface area contributed by atoms with Crippen LogP contribution in [0.5, 0.6) is 0 Å². The van der Waals surface area contributed by atoms with Gasteiger partial charge in [-0.25, -0.2) is 4.98 Å². The molecule has 7 nitrogen and oxygen atoms in total. The van der Waals surface area contributed by atoms with E-state index in [1.54, 1.807) is 18.2 Å². The maximum Gasteiger partial charge on any atom is 0.263 e. The van der Waals surface area contributed by atoms with E-state index in [0.29, 0.717) is 5.52 Å². The Hall–Kier alpha value is -2.51. The summed E-state index contributed by atoms with van der Waals surface area (Å²) in [5.74, 6) is -1.53. The minimum Gasteiger partial charge on any atom is -0.398 e. The Balaban J connectivity index is 2.28. The first kappa shape index (κ1) is 17.3. The third kappa shape index (κ3) is 2.56. The smallest absolute Gasteiger partial charge is 0.263 e. The van der Waals surface area contributed by atoms with Crippen molar-refractivity contribution in [3.05, 3.63) is 34.4 Å². The van der Waals surface area contributed by atoms with Gasteiger partial charge < -0.3 is 5.73 Å². The van der Waals surface area contributed by atoms with Gasteiger partial charge in [0.1, 0.15) is 13.7 Å². The van der Waals surface area contributed by atoms with Crippen molar-refractivity contribution in [3.8, 4) is 0 Å². The summed E-state index contributed by atoms with van der Waals surface area (Å²) >= 11 is 0. The van der Waals surface area contributed by atoms with Crippen molar-refractivity contribution in [3.63, 3.8) is 0 Å². The van der Waals surface area contributed by atoms with Gasteiger partial charge in [-0.1, -0.05) is 12.5 Å². The number of aromatic nitrogens is 2. The van der Waals surface area contributed by atoms with E-state index < -0.39 is 28.0 Å². The number of imide groups is 1. The van der Waals surface area contributed by atoms with Gasteiger partial charge in [0.15, 0.2) is 0 Å². The number of carbonyl (C=O) groups excluding carboxylic acids is 2. The molecule has 0 saturated carbocycles. The van der Waals surface area contributed by atoms with E-state index >= 15 is 0 Å². The van der Waals surface area contributed by atoms with Gasteiger partial charge in [0.25, 0.3) is 5.56 Å². The second-order valence-corrected chi connectivity index (χ2v) is 6.29. The fraction of sp³-hybridized carbons (Fsp3) is 0.333. The minimum absolute atomic E-state index is 0.102. The van der Waals surface area contributed by atoms with Crippen LogP contribution in [0.3, 0.4) is 0 Å². The highest BCUT2D eigenvalue weighted by Crippen LogP contribution is 2.33. The zero-order valence-electron chi connectivity index (χ0n) is 13.6. The predicted molar refractivity (Wildman–Crippen MR) is 95.5 cm³/mol. The molecular weight excluding hydrogens is 317 g/mol. The molecule has 2 heterocycles. The van der Waals surface area contributed by atoms with Gasteiger partial charge in [-0.3, -0.25) is 24.3 Å². The van der Waals surface area contributed by atoms with Gasteiger partial charge in [-0.05, 0) is 30.7 Å². The second kappa shape index (κ2) is 5.51. The van der Waals surface area contributed by atoms with Crippen LogP contribution in [-0.4, -0.2) is 44.9 Å². The molecule has 1 fully saturated rings. The average molecular weight is 330 g/mol. The number of nitrogens with zero attached hydrogens (tertiary/aromatic N) is 2. The number of nitrogen functional groups attached to an aromatic ring is 1. The second-order valence-electron chi connectivity index (χ2n) is 6.29. The Labute approximate surface area is 147 Å². The molecule has 1 aliphatic heterocycles. The summed E-state index contributed by atoms with van der Waals surface area (Å²) < 4.78 is 1.04. The summed E-state index contributed by atoms with van der Waals surface area (Å²) in [7, 11) is 17.7. The molecule has 1 saturated heterocycles. The number of nitrogens with two attached hydrogens (primary N) is 1. The van der Waals surface area contributed by atoms with Crippen LogP contribution in [0.25, 0.3) is 10.9 Å². The fourth-order valence-corrected chi connectivity index (χ4v) is 3.00. The van der Waals surface area contributed by atoms with Crippen molar-refractivity contribution >= 4 is 51.9 Å². The number of hydrogen-bond acceptors (Lipinski definition) is 5. The number of amides is 2. The van der Waals surface area contributed by atoms with E-state index in [9.17, 15) is 14.4 Å². The fourth-order valence-electron chi connectivity index (χ4n) is 3.00. The maximum atomic E-state index is 13.0. The van der Waals surface area contributed by atoms with E-state index in [0.717, 1.165) is 4.57 Å². The molecule has 6 radical (unpaired) electrons. The lowest BCUT2D eigenvalue weighted by atomic mass is 9.51. The lowest BCUT2D eigenvalue weighted by Gasteiger charge is -2.31. The number of rotatable bonds is 1. The zero-order chi connectivity index (χ0) is 18.6. The number of aryl methyl sites for hydroxylation is 1. The Morgan fingerprint density at radius 3 is 2.52 bits per heavy atom. The number of anilines is 1. The van der Waals surface area contributed by atoms with E-state index in [1.165, 1.54) is 6.92 Å². The first-order chi connectivity index (χ1) is 11.6. The number of benzene rings is 1. The molecule has 0 bridgehead atoms. The molecule has 1 aromatic heterocycles. The van der Waals surface area contributed by atoms with Crippen molar-refractivity contribution in [2.45, 2.75) is 30.4 Å². The largest absolute Gasteiger partial charge is 0.398 e. The van der Waals surface area contributed by atoms with Crippen molar-refractivity contribution in [2.24, 2.45) is 0 Å². The summed E-state index contributed by atoms with van der Waals surface area (Å²) in [6.45, 7) is 1.54. The number of hydrogen-bond donors (Lipinski definition) is 2. The monoisotopic (exact) mass is 330 g/mol. The molecule has 25 heavy (non-hydrogen) atoms. The number of fused-ring (bicyclic) bond motifs is 1. The molecule has 1 aliphatic rings. The average Bonchev–Trinajstić information content (AvgIpc) is 2.58. The molecule has 10 heteroatoms. The molecule has 3 rings (SSSR count). The summed E-state index contributed by atoms with van der Waals surface area (Å²) in [5.41, 5.74) is 4.04. The third-order valence-corrected chi connectivity index (χ3v) is 4.46. The molecular formula is C15H13B3N4O3. The summed E-state index contributed by atoms with van der Waals surface area (Å²) in [6.07, 6.45) is -0.229.